The van der Waals surface area contributed by atoms with Crippen LogP contribution in [-0.4, -0.2) is 17.4 Å². The molecule has 0 bridgehead atoms. The van der Waals surface area contributed by atoms with Crippen LogP contribution in [0.4, 0.5) is 4.39 Å². The van der Waals surface area contributed by atoms with Crippen molar-refractivity contribution >= 4 is 27.9 Å². The van der Waals surface area contributed by atoms with Gasteiger partial charge in [0.15, 0.2) is 0 Å². The molecule has 0 atom stereocenters. The Morgan fingerprint density at radius 1 is 1.43 bits per heavy atom. The van der Waals surface area contributed by atoms with Gasteiger partial charge < -0.3 is 9.32 Å². The Balaban J connectivity index is 2.11. The molecule has 0 radical (unpaired) electrons. The molecule has 0 N–H and O–H groups in total. The van der Waals surface area contributed by atoms with E-state index in [-0.39, 0.29) is 25.4 Å². The lowest BCUT2D eigenvalue weighted by Gasteiger charge is -2.18. The largest absolute Gasteiger partial charge is 0.467 e. The van der Waals surface area contributed by atoms with E-state index in [9.17, 15) is 9.18 Å². The summed E-state index contributed by atoms with van der Waals surface area (Å²) in [6.45, 7) is 0.542. The standard InChI is InChI=1S/C17H14BrFN2O2/c18-14-5-6-16(19)13(11-14)4-7-17(22)21(9-2-8-20)12-15-3-1-10-23-15/h1,3-7,10-11H,2,9,12H2/b7-4+. The van der Waals surface area contributed by atoms with Gasteiger partial charge in [0.05, 0.1) is 25.3 Å². The molecular weight excluding hydrogens is 363 g/mol. The zero-order valence-electron chi connectivity index (χ0n) is 12.2. The number of benzene rings is 1. The summed E-state index contributed by atoms with van der Waals surface area (Å²) in [5.74, 6) is -0.0961. The number of carbonyl (C=O) groups is 1. The lowest BCUT2D eigenvalue weighted by molar-refractivity contribution is -0.126. The van der Waals surface area contributed by atoms with Gasteiger partial charge in [-0.2, -0.15) is 5.26 Å². The van der Waals surface area contributed by atoms with Gasteiger partial charge in [-0.05, 0) is 36.4 Å². The monoisotopic (exact) mass is 376 g/mol. The molecule has 0 saturated heterocycles. The van der Waals surface area contributed by atoms with Crippen molar-refractivity contribution in [3.63, 3.8) is 0 Å². The zero-order chi connectivity index (χ0) is 16.7. The fraction of sp³-hybridized carbons (Fsp3) is 0.176. The molecule has 118 valence electrons. The lowest BCUT2D eigenvalue weighted by atomic mass is 10.2. The molecular formula is C17H14BrFN2O2. The molecule has 1 aromatic carbocycles. The van der Waals surface area contributed by atoms with E-state index >= 15 is 0 Å². The first kappa shape index (κ1) is 17.0. The number of halogens is 2. The van der Waals surface area contributed by atoms with E-state index in [1.807, 2.05) is 6.07 Å². The van der Waals surface area contributed by atoms with Gasteiger partial charge in [0.2, 0.25) is 5.91 Å². The van der Waals surface area contributed by atoms with Crippen LogP contribution in [-0.2, 0) is 11.3 Å². The number of furan rings is 1. The van der Waals surface area contributed by atoms with Crippen LogP contribution in [0.1, 0.15) is 17.7 Å². The van der Waals surface area contributed by atoms with E-state index < -0.39 is 5.82 Å². The summed E-state index contributed by atoms with van der Waals surface area (Å²) in [6, 6.07) is 9.99. The van der Waals surface area contributed by atoms with Crippen LogP contribution in [0.2, 0.25) is 0 Å². The van der Waals surface area contributed by atoms with Crippen LogP contribution in [0.5, 0.6) is 0 Å². The summed E-state index contributed by atoms with van der Waals surface area (Å²) in [4.78, 5) is 13.8. The number of hydrogen-bond acceptors (Lipinski definition) is 3. The van der Waals surface area contributed by atoms with Gasteiger partial charge in [0.25, 0.3) is 0 Å². The molecule has 0 aliphatic carbocycles. The predicted molar refractivity (Wildman–Crippen MR) is 87.5 cm³/mol. The highest BCUT2D eigenvalue weighted by Crippen LogP contribution is 2.17. The minimum Gasteiger partial charge on any atom is -0.467 e. The third-order valence-corrected chi connectivity index (χ3v) is 3.59. The maximum atomic E-state index is 13.7. The average molecular weight is 377 g/mol. The first-order valence-electron chi connectivity index (χ1n) is 6.91. The second kappa shape index (κ2) is 8.30. The Morgan fingerprint density at radius 2 is 2.26 bits per heavy atom. The highest BCUT2D eigenvalue weighted by molar-refractivity contribution is 9.10. The fourth-order valence-corrected chi connectivity index (χ4v) is 2.33. The Bertz CT molecular complexity index is 736. The quantitative estimate of drug-likeness (QED) is 0.711. The van der Waals surface area contributed by atoms with Crippen LogP contribution >= 0.6 is 15.9 Å². The van der Waals surface area contributed by atoms with Crippen molar-refractivity contribution in [1.82, 2.24) is 4.90 Å². The van der Waals surface area contributed by atoms with Crippen LogP contribution in [0.15, 0.2) is 51.6 Å². The van der Waals surface area contributed by atoms with E-state index in [2.05, 4.69) is 15.9 Å². The molecule has 1 aromatic heterocycles. The first-order chi connectivity index (χ1) is 11.1. The highest BCUT2D eigenvalue weighted by Gasteiger charge is 2.13. The van der Waals surface area contributed by atoms with Crippen molar-refractivity contribution in [3.8, 4) is 6.07 Å². The summed E-state index contributed by atoms with van der Waals surface area (Å²) < 4.78 is 19.6. The molecule has 0 fully saturated rings. The second-order valence-electron chi connectivity index (χ2n) is 4.75. The number of carbonyl (C=O) groups excluding carboxylic acids is 1. The third-order valence-electron chi connectivity index (χ3n) is 3.10. The normalized spacial score (nSPS) is 10.7. The van der Waals surface area contributed by atoms with Crippen molar-refractivity contribution in [3.05, 3.63) is 64.3 Å². The molecule has 0 aliphatic rings. The van der Waals surface area contributed by atoms with Gasteiger partial charge in [0.1, 0.15) is 11.6 Å². The highest BCUT2D eigenvalue weighted by atomic mass is 79.9. The maximum absolute atomic E-state index is 13.7. The molecule has 2 aromatic rings. The number of nitriles is 1. The van der Waals surface area contributed by atoms with Gasteiger partial charge in [-0.25, -0.2) is 4.39 Å². The number of hydrogen-bond donors (Lipinski definition) is 0. The molecule has 6 heteroatoms. The Morgan fingerprint density at radius 3 is 2.96 bits per heavy atom. The molecule has 2 rings (SSSR count). The summed E-state index contributed by atoms with van der Waals surface area (Å²) in [7, 11) is 0. The van der Waals surface area contributed by atoms with Gasteiger partial charge in [-0.3, -0.25) is 4.79 Å². The summed E-state index contributed by atoms with van der Waals surface area (Å²) in [5.41, 5.74) is 0.311. The minimum atomic E-state index is -0.410. The Labute approximate surface area is 141 Å². The molecule has 4 nitrogen and oxygen atoms in total. The molecule has 1 heterocycles. The lowest BCUT2D eigenvalue weighted by Crippen LogP contribution is -2.29. The second-order valence-corrected chi connectivity index (χ2v) is 5.66. The molecule has 0 spiro atoms. The Kier molecular flexibility index (Phi) is 6.12. The predicted octanol–water partition coefficient (Wildman–Crippen LogP) is 4.14. The van der Waals surface area contributed by atoms with Crippen molar-refractivity contribution in [1.29, 1.82) is 5.26 Å². The van der Waals surface area contributed by atoms with Gasteiger partial charge in [-0.15, -0.1) is 0 Å². The van der Waals surface area contributed by atoms with Crippen LogP contribution in [0.25, 0.3) is 6.08 Å². The fourth-order valence-electron chi connectivity index (χ4n) is 1.95. The van der Waals surface area contributed by atoms with Crippen molar-refractivity contribution in [2.45, 2.75) is 13.0 Å². The van der Waals surface area contributed by atoms with E-state index in [1.54, 1.807) is 24.3 Å². The topological polar surface area (TPSA) is 57.2 Å². The van der Waals surface area contributed by atoms with Crippen LogP contribution in [0, 0.1) is 17.1 Å². The zero-order valence-corrected chi connectivity index (χ0v) is 13.8. The van der Waals surface area contributed by atoms with E-state index in [4.69, 9.17) is 9.68 Å². The van der Waals surface area contributed by atoms with E-state index in [1.165, 1.54) is 29.4 Å². The van der Waals surface area contributed by atoms with Crippen LogP contribution < -0.4 is 0 Å². The summed E-state index contributed by atoms with van der Waals surface area (Å²) in [6.07, 6.45) is 4.45. The first-order valence-corrected chi connectivity index (χ1v) is 7.71. The number of rotatable bonds is 6. The van der Waals surface area contributed by atoms with Gasteiger partial charge >= 0.3 is 0 Å². The maximum Gasteiger partial charge on any atom is 0.247 e. The number of amides is 1. The van der Waals surface area contributed by atoms with Crippen molar-refractivity contribution in [2.75, 3.05) is 6.54 Å². The SMILES string of the molecule is N#CCCN(Cc1ccco1)C(=O)/C=C/c1cc(Br)ccc1F. The van der Waals surface area contributed by atoms with Crippen LogP contribution in [0.3, 0.4) is 0 Å². The van der Waals surface area contributed by atoms with Gasteiger partial charge in [0, 0.05) is 22.7 Å². The molecule has 0 aliphatic heterocycles. The van der Waals surface area contributed by atoms with Crippen molar-refractivity contribution in [2.24, 2.45) is 0 Å². The Hall–Kier alpha value is -2.39. The minimum absolute atomic E-state index is 0.214. The molecule has 23 heavy (non-hydrogen) atoms. The summed E-state index contributed by atoms with van der Waals surface area (Å²) in [5, 5.41) is 8.71. The van der Waals surface area contributed by atoms with E-state index in [0.29, 0.717) is 11.3 Å². The van der Waals surface area contributed by atoms with E-state index in [0.717, 1.165) is 4.47 Å². The van der Waals surface area contributed by atoms with Gasteiger partial charge in [-0.1, -0.05) is 15.9 Å². The third kappa shape index (κ3) is 5.08. The molecule has 0 saturated carbocycles. The molecule has 0 unspecified atom stereocenters. The summed E-state index contributed by atoms with van der Waals surface area (Å²) >= 11 is 3.26. The molecule has 1 amide bonds. The van der Waals surface area contributed by atoms with Crippen molar-refractivity contribution < 1.29 is 13.6 Å². The average Bonchev–Trinajstić information content (AvgIpc) is 3.05. The number of nitrogens with zero attached hydrogens (tertiary/aromatic N) is 2. The smallest absolute Gasteiger partial charge is 0.247 e.